The van der Waals surface area contributed by atoms with E-state index in [4.69, 9.17) is 15.6 Å². The summed E-state index contributed by atoms with van der Waals surface area (Å²) in [6.45, 7) is 0.257. The van der Waals surface area contributed by atoms with Crippen LogP contribution in [0, 0.1) is 0 Å². The van der Waals surface area contributed by atoms with E-state index in [-0.39, 0.29) is 6.61 Å². The number of hydrogen-bond acceptors (Lipinski definition) is 4. The Bertz CT molecular complexity index is 305. The molecule has 0 aliphatic rings. The van der Waals surface area contributed by atoms with Crippen molar-refractivity contribution in [3.63, 3.8) is 0 Å². The summed E-state index contributed by atoms with van der Waals surface area (Å²) < 4.78 is 5.13. The number of nitrogen functional groups attached to an aromatic ring is 1. The van der Waals surface area contributed by atoms with Gasteiger partial charge in [-0.15, -0.1) is 0 Å². The molecule has 0 atom stereocenters. The van der Waals surface area contributed by atoms with Gasteiger partial charge in [-0.2, -0.15) is 11.8 Å². The van der Waals surface area contributed by atoms with Gasteiger partial charge in [-0.1, -0.05) is 0 Å². The van der Waals surface area contributed by atoms with Gasteiger partial charge >= 0.3 is 0 Å². The van der Waals surface area contributed by atoms with E-state index in [0.29, 0.717) is 0 Å². The van der Waals surface area contributed by atoms with E-state index in [1.165, 1.54) is 0 Å². The zero-order valence-electron chi connectivity index (χ0n) is 8.90. The lowest BCUT2D eigenvalue weighted by atomic mass is 10.2. The molecule has 0 amide bonds. The minimum atomic E-state index is 0.257. The minimum Gasteiger partial charge on any atom is -0.497 e. The van der Waals surface area contributed by atoms with Crippen LogP contribution in [0.2, 0.25) is 0 Å². The van der Waals surface area contributed by atoms with Crippen LogP contribution in [0.1, 0.15) is 12.0 Å². The zero-order valence-corrected chi connectivity index (χ0v) is 9.72. The van der Waals surface area contributed by atoms with Gasteiger partial charge in [0.2, 0.25) is 0 Å². The predicted molar refractivity (Wildman–Crippen MR) is 65.3 cm³/mol. The molecule has 0 radical (unpaired) electrons. The van der Waals surface area contributed by atoms with E-state index in [1.54, 1.807) is 18.9 Å². The molecule has 0 unspecified atom stereocenters. The normalized spacial score (nSPS) is 10.3. The fraction of sp³-hybridized carbons (Fsp3) is 0.455. The van der Waals surface area contributed by atoms with Crippen LogP contribution in [0.4, 0.5) is 5.69 Å². The minimum absolute atomic E-state index is 0.257. The molecule has 0 bridgehead atoms. The second-order valence-corrected chi connectivity index (χ2v) is 4.35. The molecule has 3 N–H and O–H groups in total. The lowest BCUT2D eigenvalue weighted by Gasteiger charge is -2.06. The molecule has 4 heteroatoms. The van der Waals surface area contributed by atoms with Crippen LogP contribution in [-0.2, 0) is 5.75 Å². The average Bonchev–Trinajstić information content (AvgIpc) is 2.23. The van der Waals surface area contributed by atoms with Crippen LogP contribution in [0.3, 0.4) is 0 Å². The number of hydrogen-bond donors (Lipinski definition) is 2. The molecule has 0 heterocycles. The first kappa shape index (κ1) is 12.2. The maximum Gasteiger partial charge on any atom is 0.121 e. The van der Waals surface area contributed by atoms with Crippen LogP contribution in [0.15, 0.2) is 18.2 Å². The maximum absolute atomic E-state index is 8.64. The maximum atomic E-state index is 8.64. The summed E-state index contributed by atoms with van der Waals surface area (Å²) in [5, 5.41) is 8.64. The van der Waals surface area contributed by atoms with E-state index in [9.17, 15) is 0 Å². The summed E-state index contributed by atoms with van der Waals surface area (Å²) >= 11 is 1.79. The molecular weight excluding hydrogens is 210 g/mol. The third kappa shape index (κ3) is 4.44. The van der Waals surface area contributed by atoms with Gasteiger partial charge in [0.15, 0.2) is 0 Å². The van der Waals surface area contributed by atoms with Crippen LogP contribution in [-0.4, -0.2) is 24.6 Å². The zero-order chi connectivity index (χ0) is 11.1. The number of rotatable bonds is 6. The second-order valence-electron chi connectivity index (χ2n) is 3.24. The number of benzene rings is 1. The summed E-state index contributed by atoms with van der Waals surface area (Å²) in [6.07, 6.45) is 0.837. The Morgan fingerprint density at radius 1 is 1.40 bits per heavy atom. The molecule has 15 heavy (non-hydrogen) atoms. The van der Waals surface area contributed by atoms with Crippen molar-refractivity contribution >= 4 is 17.4 Å². The third-order valence-corrected chi connectivity index (χ3v) is 3.05. The Kier molecular flexibility index (Phi) is 5.36. The number of nitrogens with two attached hydrogens (primary N) is 1. The lowest BCUT2D eigenvalue weighted by molar-refractivity contribution is 0.296. The third-order valence-electron chi connectivity index (χ3n) is 1.94. The summed E-state index contributed by atoms with van der Waals surface area (Å²) in [5.41, 5.74) is 7.63. The van der Waals surface area contributed by atoms with Crippen molar-refractivity contribution in [3.8, 4) is 5.75 Å². The SMILES string of the molecule is COc1cc(N)cc(CSCCCO)c1. The Morgan fingerprint density at radius 2 is 2.20 bits per heavy atom. The molecule has 0 aliphatic heterocycles. The standard InChI is InChI=1S/C11H17NO2S/c1-14-11-6-9(5-10(12)7-11)8-15-4-2-3-13/h5-7,13H,2-4,8,12H2,1H3. The van der Waals surface area contributed by atoms with Gasteiger partial charge in [0.25, 0.3) is 0 Å². The molecule has 3 nitrogen and oxygen atoms in total. The highest BCUT2D eigenvalue weighted by Gasteiger charge is 1.99. The van der Waals surface area contributed by atoms with Gasteiger partial charge in [-0.3, -0.25) is 0 Å². The number of anilines is 1. The van der Waals surface area contributed by atoms with E-state index in [1.807, 2.05) is 18.2 Å². The fourth-order valence-corrected chi connectivity index (χ4v) is 2.12. The van der Waals surface area contributed by atoms with Crippen molar-refractivity contribution < 1.29 is 9.84 Å². The number of ether oxygens (including phenoxy) is 1. The highest BCUT2D eigenvalue weighted by molar-refractivity contribution is 7.98. The number of aliphatic hydroxyl groups is 1. The first-order valence-corrected chi connectivity index (χ1v) is 6.03. The smallest absolute Gasteiger partial charge is 0.121 e. The molecule has 1 aromatic rings. The van der Waals surface area contributed by atoms with Crippen molar-refractivity contribution in [1.82, 2.24) is 0 Å². The molecule has 0 saturated carbocycles. The number of methoxy groups -OCH3 is 1. The van der Waals surface area contributed by atoms with Crippen molar-refractivity contribution in [2.45, 2.75) is 12.2 Å². The second kappa shape index (κ2) is 6.58. The molecule has 84 valence electrons. The highest BCUT2D eigenvalue weighted by atomic mass is 32.2. The van der Waals surface area contributed by atoms with Crippen molar-refractivity contribution in [1.29, 1.82) is 0 Å². The quantitative estimate of drug-likeness (QED) is 0.575. The van der Waals surface area contributed by atoms with Gasteiger partial charge in [0.1, 0.15) is 5.75 Å². The van der Waals surface area contributed by atoms with Gasteiger partial charge in [0, 0.05) is 24.1 Å². The Hall–Kier alpha value is -0.870. The van der Waals surface area contributed by atoms with Crippen LogP contribution < -0.4 is 10.5 Å². The molecule has 0 saturated heterocycles. The topological polar surface area (TPSA) is 55.5 Å². The lowest BCUT2D eigenvalue weighted by Crippen LogP contribution is -1.92. The largest absolute Gasteiger partial charge is 0.497 e. The average molecular weight is 227 g/mol. The van der Waals surface area contributed by atoms with Gasteiger partial charge in [0.05, 0.1) is 7.11 Å². The predicted octanol–water partition coefficient (Wildman–Crippen LogP) is 1.89. The first-order chi connectivity index (χ1) is 7.26. The van der Waals surface area contributed by atoms with E-state index in [2.05, 4.69) is 0 Å². The van der Waals surface area contributed by atoms with Gasteiger partial charge in [-0.05, 0) is 29.9 Å². The first-order valence-electron chi connectivity index (χ1n) is 4.88. The summed E-state index contributed by atoms with van der Waals surface area (Å²) in [6, 6.07) is 5.75. The van der Waals surface area contributed by atoms with E-state index < -0.39 is 0 Å². The van der Waals surface area contributed by atoms with Crippen LogP contribution in [0.5, 0.6) is 5.75 Å². The number of aliphatic hydroxyl groups excluding tert-OH is 1. The van der Waals surface area contributed by atoms with Gasteiger partial charge < -0.3 is 15.6 Å². The Morgan fingerprint density at radius 3 is 2.87 bits per heavy atom. The fourth-order valence-electron chi connectivity index (χ4n) is 1.24. The molecule has 1 aromatic carbocycles. The molecule has 0 aliphatic carbocycles. The monoisotopic (exact) mass is 227 g/mol. The summed E-state index contributed by atoms with van der Waals surface area (Å²) in [5.74, 6) is 2.67. The number of thioether (sulfide) groups is 1. The van der Waals surface area contributed by atoms with Crippen molar-refractivity contribution in [2.75, 3.05) is 25.2 Å². The Labute approximate surface area is 94.6 Å². The van der Waals surface area contributed by atoms with Crippen molar-refractivity contribution in [3.05, 3.63) is 23.8 Å². The highest BCUT2D eigenvalue weighted by Crippen LogP contribution is 2.22. The van der Waals surface area contributed by atoms with Crippen molar-refractivity contribution in [2.24, 2.45) is 0 Å². The molecular formula is C11H17NO2S. The van der Waals surface area contributed by atoms with E-state index in [0.717, 1.165) is 34.9 Å². The van der Waals surface area contributed by atoms with Crippen LogP contribution in [0.25, 0.3) is 0 Å². The Balaban J connectivity index is 2.49. The molecule has 0 spiro atoms. The summed E-state index contributed by atoms with van der Waals surface area (Å²) in [4.78, 5) is 0. The summed E-state index contributed by atoms with van der Waals surface area (Å²) in [7, 11) is 1.64. The molecule has 0 aromatic heterocycles. The van der Waals surface area contributed by atoms with Gasteiger partial charge in [-0.25, -0.2) is 0 Å². The van der Waals surface area contributed by atoms with Crippen LogP contribution >= 0.6 is 11.8 Å². The molecule has 1 rings (SSSR count). The molecule has 0 fully saturated rings. The van der Waals surface area contributed by atoms with E-state index >= 15 is 0 Å².